The van der Waals surface area contributed by atoms with Gasteiger partial charge in [0.05, 0.1) is 17.7 Å². The molecule has 1 aromatic carbocycles. The summed E-state index contributed by atoms with van der Waals surface area (Å²) in [4.78, 5) is 0. The number of benzene rings is 1. The SMILES string of the molecule is OCCCSCCNCc1cc(Br)c2c(c1)OCCCO2. The molecule has 4 nitrogen and oxygen atoms in total. The lowest BCUT2D eigenvalue weighted by Crippen LogP contribution is -2.17. The number of ether oxygens (including phenoxy) is 2. The Bertz CT molecular complexity index is 445. The predicted octanol–water partition coefficient (Wildman–Crippen LogP) is 2.82. The molecule has 0 amide bonds. The van der Waals surface area contributed by atoms with Crippen LogP contribution in [-0.2, 0) is 6.54 Å². The number of aliphatic hydroxyl groups is 1. The van der Waals surface area contributed by atoms with Gasteiger partial charge in [0, 0.05) is 31.9 Å². The lowest BCUT2D eigenvalue weighted by molar-refractivity contribution is 0.296. The monoisotopic (exact) mass is 375 g/mol. The Balaban J connectivity index is 1.78. The Labute approximate surface area is 138 Å². The number of thioether (sulfide) groups is 1. The van der Waals surface area contributed by atoms with Gasteiger partial charge in [-0.1, -0.05) is 0 Å². The first kappa shape index (κ1) is 16.9. The van der Waals surface area contributed by atoms with Crippen molar-refractivity contribution in [3.8, 4) is 11.5 Å². The lowest BCUT2D eigenvalue weighted by atomic mass is 10.2. The van der Waals surface area contributed by atoms with Gasteiger partial charge in [-0.05, 0) is 45.8 Å². The van der Waals surface area contributed by atoms with Gasteiger partial charge in [-0.3, -0.25) is 0 Å². The van der Waals surface area contributed by atoms with Gasteiger partial charge < -0.3 is 19.9 Å². The van der Waals surface area contributed by atoms with Crippen LogP contribution in [0.25, 0.3) is 0 Å². The van der Waals surface area contributed by atoms with Gasteiger partial charge in [0.2, 0.25) is 0 Å². The molecule has 0 atom stereocenters. The Kier molecular flexibility index (Phi) is 7.71. The fourth-order valence-corrected chi connectivity index (χ4v) is 3.46. The van der Waals surface area contributed by atoms with E-state index in [9.17, 15) is 0 Å². The Morgan fingerprint density at radius 2 is 2.10 bits per heavy atom. The molecule has 0 aromatic heterocycles. The summed E-state index contributed by atoms with van der Waals surface area (Å²) in [7, 11) is 0. The smallest absolute Gasteiger partial charge is 0.175 e. The molecule has 0 aliphatic carbocycles. The molecule has 1 aromatic rings. The van der Waals surface area contributed by atoms with Gasteiger partial charge in [0.25, 0.3) is 0 Å². The summed E-state index contributed by atoms with van der Waals surface area (Å²) in [6, 6.07) is 4.14. The highest BCUT2D eigenvalue weighted by atomic mass is 79.9. The van der Waals surface area contributed by atoms with Crippen molar-refractivity contribution in [3.63, 3.8) is 0 Å². The molecule has 0 saturated heterocycles. The van der Waals surface area contributed by atoms with Crippen molar-refractivity contribution in [2.75, 3.05) is 37.9 Å². The number of nitrogens with one attached hydrogen (secondary N) is 1. The van der Waals surface area contributed by atoms with Gasteiger partial charge in [-0.15, -0.1) is 0 Å². The molecule has 0 radical (unpaired) electrons. The summed E-state index contributed by atoms with van der Waals surface area (Å²) >= 11 is 5.42. The van der Waals surface area contributed by atoms with Gasteiger partial charge in [-0.2, -0.15) is 11.8 Å². The van der Waals surface area contributed by atoms with E-state index in [1.165, 1.54) is 5.56 Å². The third kappa shape index (κ3) is 5.70. The van der Waals surface area contributed by atoms with Gasteiger partial charge in [0.15, 0.2) is 11.5 Å². The van der Waals surface area contributed by atoms with Crippen molar-refractivity contribution < 1.29 is 14.6 Å². The van der Waals surface area contributed by atoms with E-state index < -0.39 is 0 Å². The predicted molar refractivity (Wildman–Crippen MR) is 90.5 cm³/mol. The lowest BCUT2D eigenvalue weighted by Gasteiger charge is -2.12. The van der Waals surface area contributed by atoms with Gasteiger partial charge >= 0.3 is 0 Å². The Hall–Kier alpha value is -0.430. The van der Waals surface area contributed by atoms with Crippen LogP contribution >= 0.6 is 27.7 Å². The highest BCUT2D eigenvalue weighted by Crippen LogP contribution is 2.38. The van der Waals surface area contributed by atoms with Crippen LogP contribution in [-0.4, -0.2) is 43.0 Å². The van der Waals surface area contributed by atoms with E-state index in [1.807, 2.05) is 11.8 Å². The fourth-order valence-electron chi connectivity index (χ4n) is 2.03. The van der Waals surface area contributed by atoms with E-state index in [2.05, 4.69) is 33.4 Å². The first-order valence-electron chi connectivity index (χ1n) is 7.28. The number of hydrogen-bond acceptors (Lipinski definition) is 5. The molecule has 0 unspecified atom stereocenters. The molecule has 0 saturated carbocycles. The maximum absolute atomic E-state index is 8.71. The minimum atomic E-state index is 0.283. The number of rotatable bonds is 8. The maximum Gasteiger partial charge on any atom is 0.175 e. The number of halogens is 1. The molecular weight excluding hydrogens is 354 g/mol. The molecule has 0 spiro atoms. The summed E-state index contributed by atoms with van der Waals surface area (Å²) < 4.78 is 12.4. The molecule has 0 fully saturated rings. The minimum absolute atomic E-state index is 0.283. The zero-order chi connectivity index (χ0) is 14.9. The average Bonchev–Trinajstić information content (AvgIpc) is 2.72. The first-order chi connectivity index (χ1) is 10.3. The van der Waals surface area contributed by atoms with Gasteiger partial charge in [0.1, 0.15) is 0 Å². The minimum Gasteiger partial charge on any atom is -0.490 e. The second kappa shape index (κ2) is 9.56. The third-order valence-corrected chi connectivity index (χ3v) is 4.72. The van der Waals surface area contributed by atoms with Gasteiger partial charge in [-0.25, -0.2) is 0 Å². The number of fused-ring (bicyclic) bond motifs is 1. The van der Waals surface area contributed by atoms with Crippen LogP contribution < -0.4 is 14.8 Å². The third-order valence-electron chi connectivity index (χ3n) is 3.06. The van der Waals surface area contributed by atoms with E-state index in [4.69, 9.17) is 14.6 Å². The molecule has 21 heavy (non-hydrogen) atoms. The Morgan fingerprint density at radius 3 is 2.95 bits per heavy atom. The molecule has 1 aliphatic rings. The molecule has 1 aliphatic heterocycles. The highest BCUT2D eigenvalue weighted by Gasteiger charge is 2.14. The second-order valence-corrected chi connectivity index (χ2v) is 6.90. The van der Waals surface area contributed by atoms with E-state index in [1.54, 1.807) is 0 Å². The van der Waals surface area contributed by atoms with Crippen molar-refractivity contribution in [3.05, 3.63) is 22.2 Å². The van der Waals surface area contributed by atoms with E-state index in [0.717, 1.165) is 53.4 Å². The van der Waals surface area contributed by atoms with Crippen LogP contribution in [0.2, 0.25) is 0 Å². The zero-order valence-electron chi connectivity index (χ0n) is 12.1. The first-order valence-corrected chi connectivity index (χ1v) is 9.23. The van der Waals surface area contributed by atoms with E-state index in [-0.39, 0.29) is 6.61 Å². The highest BCUT2D eigenvalue weighted by molar-refractivity contribution is 9.10. The average molecular weight is 376 g/mol. The van der Waals surface area contributed by atoms with Crippen LogP contribution in [0.15, 0.2) is 16.6 Å². The quantitative estimate of drug-likeness (QED) is 0.684. The Morgan fingerprint density at radius 1 is 1.24 bits per heavy atom. The molecule has 2 rings (SSSR count). The molecule has 118 valence electrons. The molecule has 6 heteroatoms. The summed E-state index contributed by atoms with van der Waals surface area (Å²) in [6.07, 6.45) is 1.79. The molecule has 2 N–H and O–H groups in total. The van der Waals surface area contributed by atoms with Crippen molar-refractivity contribution >= 4 is 27.7 Å². The standard InChI is InChI=1S/C15H22BrNO3S/c16-13-9-12(11-17-3-8-21-7-1-4-18)10-14-15(13)20-6-2-5-19-14/h9-10,17-18H,1-8,11H2. The summed E-state index contributed by atoms with van der Waals surface area (Å²) in [5.41, 5.74) is 1.19. The second-order valence-electron chi connectivity index (χ2n) is 4.82. The van der Waals surface area contributed by atoms with E-state index >= 15 is 0 Å². The van der Waals surface area contributed by atoms with Crippen molar-refractivity contribution in [1.29, 1.82) is 0 Å². The topological polar surface area (TPSA) is 50.7 Å². The van der Waals surface area contributed by atoms with Crippen LogP contribution in [0.3, 0.4) is 0 Å². The van der Waals surface area contributed by atoms with Crippen LogP contribution in [0.4, 0.5) is 0 Å². The summed E-state index contributed by atoms with van der Waals surface area (Å²) in [6.45, 7) is 3.47. The van der Waals surface area contributed by atoms with Crippen LogP contribution in [0.5, 0.6) is 11.5 Å². The fraction of sp³-hybridized carbons (Fsp3) is 0.600. The number of hydrogen-bond donors (Lipinski definition) is 2. The van der Waals surface area contributed by atoms with E-state index in [0.29, 0.717) is 13.2 Å². The van der Waals surface area contributed by atoms with Crippen molar-refractivity contribution in [2.24, 2.45) is 0 Å². The molecular formula is C15H22BrNO3S. The summed E-state index contributed by atoms with van der Waals surface area (Å²) in [5.74, 6) is 3.73. The molecule has 0 bridgehead atoms. The normalized spacial score (nSPS) is 14.0. The van der Waals surface area contributed by atoms with Crippen LogP contribution in [0.1, 0.15) is 18.4 Å². The molecule has 1 heterocycles. The van der Waals surface area contributed by atoms with Crippen molar-refractivity contribution in [1.82, 2.24) is 5.32 Å². The van der Waals surface area contributed by atoms with Crippen LogP contribution in [0, 0.1) is 0 Å². The largest absolute Gasteiger partial charge is 0.490 e. The number of aliphatic hydroxyl groups excluding tert-OH is 1. The maximum atomic E-state index is 8.71. The van der Waals surface area contributed by atoms with Crippen molar-refractivity contribution in [2.45, 2.75) is 19.4 Å². The zero-order valence-corrected chi connectivity index (χ0v) is 14.5. The summed E-state index contributed by atoms with van der Waals surface area (Å²) in [5, 5.41) is 12.1.